The maximum Gasteiger partial charge on any atom is 0.267 e. The van der Waals surface area contributed by atoms with E-state index in [1.807, 2.05) is 18.4 Å². The second kappa shape index (κ2) is 6.61. The lowest BCUT2D eigenvalue weighted by Gasteiger charge is -2.22. The van der Waals surface area contributed by atoms with E-state index in [2.05, 4.69) is 11.9 Å². The van der Waals surface area contributed by atoms with Gasteiger partial charge in [-0.1, -0.05) is 0 Å². The van der Waals surface area contributed by atoms with Crippen molar-refractivity contribution in [3.63, 3.8) is 0 Å². The Morgan fingerprint density at radius 2 is 2.23 bits per heavy atom. The van der Waals surface area contributed by atoms with E-state index < -0.39 is 0 Å². The molecular formula is C18H20N4O2S2. The first kappa shape index (κ1) is 17.4. The summed E-state index contributed by atoms with van der Waals surface area (Å²) in [5.41, 5.74) is 2.17. The van der Waals surface area contributed by atoms with Crippen molar-refractivity contribution in [1.29, 1.82) is 0 Å². The van der Waals surface area contributed by atoms with Crippen molar-refractivity contribution in [2.75, 3.05) is 20.6 Å². The Morgan fingerprint density at radius 1 is 1.42 bits per heavy atom. The van der Waals surface area contributed by atoms with Crippen LogP contribution >= 0.6 is 22.7 Å². The zero-order chi connectivity index (χ0) is 18.4. The Balaban J connectivity index is 2.01. The topological polar surface area (TPSA) is 58.4 Å². The number of aromatic nitrogens is 2. The molecule has 26 heavy (non-hydrogen) atoms. The van der Waals surface area contributed by atoms with Gasteiger partial charge in [-0.3, -0.25) is 14.2 Å². The predicted molar refractivity (Wildman–Crippen MR) is 105 cm³/mol. The second-order valence-corrected chi connectivity index (χ2v) is 8.75. The SMILES string of the molecule is Cc1ccsc1-n1c(CN(C)C=O)nc2sc3c(c2c1=O)CCN(C)C3. The molecule has 0 fully saturated rings. The molecule has 3 aromatic rings. The maximum absolute atomic E-state index is 13.5. The van der Waals surface area contributed by atoms with Gasteiger partial charge in [0, 0.05) is 25.0 Å². The van der Waals surface area contributed by atoms with Crippen LogP contribution < -0.4 is 5.56 Å². The van der Waals surface area contributed by atoms with Gasteiger partial charge < -0.3 is 9.80 Å². The van der Waals surface area contributed by atoms with Gasteiger partial charge in [-0.15, -0.1) is 22.7 Å². The lowest BCUT2D eigenvalue weighted by atomic mass is 10.1. The molecule has 0 unspecified atom stereocenters. The summed E-state index contributed by atoms with van der Waals surface area (Å²) < 4.78 is 1.70. The molecule has 1 amide bonds. The van der Waals surface area contributed by atoms with Crippen molar-refractivity contribution < 1.29 is 4.79 Å². The summed E-state index contributed by atoms with van der Waals surface area (Å²) in [5, 5.41) is 3.61. The summed E-state index contributed by atoms with van der Waals surface area (Å²) in [7, 11) is 3.79. The number of fused-ring (bicyclic) bond motifs is 3. The molecule has 0 radical (unpaired) electrons. The molecule has 3 aromatic heterocycles. The van der Waals surface area contributed by atoms with Gasteiger partial charge in [0.25, 0.3) is 5.56 Å². The number of carbonyl (C=O) groups excluding carboxylic acids is 1. The van der Waals surface area contributed by atoms with Crippen molar-refractivity contribution >= 4 is 39.3 Å². The lowest BCUT2D eigenvalue weighted by molar-refractivity contribution is -0.117. The van der Waals surface area contributed by atoms with Crippen LogP contribution in [0.3, 0.4) is 0 Å². The minimum absolute atomic E-state index is 0.0168. The van der Waals surface area contributed by atoms with E-state index in [0.717, 1.165) is 52.3 Å². The highest BCUT2D eigenvalue weighted by molar-refractivity contribution is 7.18. The van der Waals surface area contributed by atoms with Crippen molar-refractivity contribution in [3.05, 3.63) is 43.6 Å². The van der Waals surface area contributed by atoms with Gasteiger partial charge in [-0.25, -0.2) is 4.98 Å². The number of thiophene rings is 2. The molecule has 4 heterocycles. The number of nitrogens with zero attached hydrogens (tertiary/aromatic N) is 4. The first-order valence-corrected chi connectivity index (χ1v) is 10.1. The molecule has 8 heteroatoms. The third kappa shape index (κ3) is 2.78. The highest BCUT2D eigenvalue weighted by atomic mass is 32.1. The molecule has 0 atom stereocenters. The van der Waals surface area contributed by atoms with E-state index in [4.69, 9.17) is 4.98 Å². The van der Waals surface area contributed by atoms with Gasteiger partial charge in [0.2, 0.25) is 6.41 Å². The van der Waals surface area contributed by atoms with Gasteiger partial charge >= 0.3 is 0 Å². The number of carbonyl (C=O) groups is 1. The number of likely N-dealkylation sites (N-methyl/N-ethyl adjacent to an activating group) is 1. The smallest absolute Gasteiger partial charge is 0.267 e. The molecule has 0 bridgehead atoms. The zero-order valence-corrected chi connectivity index (χ0v) is 16.6. The van der Waals surface area contributed by atoms with E-state index in [1.54, 1.807) is 23.0 Å². The van der Waals surface area contributed by atoms with E-state index in [9.17, 15) is 9.59 Å². The van der Waals surface area contributed by atoms with Crippen LogP contribution in [0.1, 0.15) is 21.8 Å². The number of hydrogen-bond donors (Lipinski definition) is 0. The van der Waals surface area contributed by atoms with Crippen LogP contribution in [0.5, 0.6) is 0 Å². The monoisotopic (exact) mass is 388 g/mol. The fraction of sp³-hybridized carbons (Fsp3) is 0.389. The zero-order valence-electron chi connectivity index (χ0n) is 15.0. The minimum Gasteiger partial charge on any atom is -0.341 e. The fourth-order valence-electron chi connectivity index (χ4n) is 3.38. The van der Waals surface area contributed by atoms with Crippen molar-refractivity contribution in [3.8, 4) is 5.00 Å². The summed E-state index contributed by atoms with van der Waals surface area (Å²) in [6.45, 7) is 4.10. The van der Waals surface area contributed by atoms with E-state index in [0.29, 0.717) is 12.4 Å². The maximum atomic E-state index is 13.5. The molecule has 0 aliphatic carbocycles. The molecule has 0 aromatic carbocycles. The molecule has 4 rings (SSSR count). The van der Waals surface area contributed by atoms with Crippen LogP contribution in [0.25, 0.3) is 15.2 Å². The van der Waals surface area contributed by atoms with E-state index in [-0.39, 0.29) is 5.56 Å². The molecular weight excluding hydrogens is 368 g/mol. The number of hydrogen-bond acceptors (Lipinski definition) is 6. The molecule has 0 N–H and O–H groups in total. The van der Waals surface area contributed by atoms with Crippen LogP contribution in [-0.4, -0.2) is 46.4 Å². The van der Waals surface area contributed by atoms with Crippen LogP contribution in [0.2, 0.25) is 0 Å². The molecule has 6 nitrogen and oxygen atoms in total. The van der Waals surface area contributed by atoms with Gasteiger partial charge in [-0.05, 0) is 43.0 Å². The third-order valence-corrected chi connectivity index (χ3v) is 6.85. The van der Waals surface area contributed by atoms with Crippen LogP contribution in [0, 0.1) is 6.92 Å². The average Bonchev–Trinajstić information content (AvgIpc) is 3.17. The summed E-state index contributed by atoms with van der Waals surface area (Å²) in [6.07, 6.45) is 1.64. The quantitative estimate of drug-likeness (QED) is 0.644. The highest BCUT2D eigenvalue weighted by Crippen LogP contribution is 2.33. The summed E-state index contributed by atoms with van der Waals surface area (Å²) in [6, 6.07) is 2.00. The van der Waals surface area contributed by atoms with Crippen molar-refractivity contribution in [1.82, 2.24) is 19.4 Å². The second-order valence-electron chi connectivity index (χ2n) is 6.77. The first-order valence-electron chi connectivity index (χ1n) is 8.44. The summed E-state index contributed by atoms with van der Waals surface area (Å²) >= 11 is 3.13. The number of amides is 1. The van der Waals surface area contributed by atoms with Crippen LogP contribution in [0.4, 0.5) is 0 Å². The molecule has 0 saturated carbocycles. The molecule has 0 spiro atoms. The predicted octanol–water partition coefficient (Wildman–Crippen LogP) is 2.39. The average molecular weight is 389 g/mol. The first-order chi connectivity index (χ1) is 12.5. The van der Waals surface area contributed by atoms with Crippen molar-refractivity contribution in [2.24, 2.45) is 0 Å². The number of rotatable bonds is 4. The molecule has 136 valence electrons. The molecule has 1 aliphatic heterocycles. The van der Waals surface area contributed by atoms with Gasteiger partial charge in [0.1, 0.15) is 15.7 Å². The third-order valence-electron chi connectivity index (χ3n) is 4.74. The lowest BCUT2D eigenvalue weighted by Crippen LogP contribution is -2.29. The van der Waals surface area contributed by atoms with E-state index in [1.165, 1.54) is 21.1 Å². The highest BCUT2D eigenvalue weighted by Gasteiger charge is 2.25. The van der Waals surface area contributed by atoms with Gasteiger partial charge in [0.05, 0.1) is 11.9 Å². The Bertz CT molecular complexity index is 1050. The number of aryl methyl sites for hydroxylation is 1. The molecule has 1 aliphatic rings. The largest absolute Gasteiger partial charge is 0.341 e. The van der Waals surface area contributed by atoms with E-state index >= 15 is 0 Å². The Hall–Kier alpha value is -2.03. The van der Waals surface area contributed by atoms with Crippen LogP contribution in [-0.2, 0) is 24.3 Å². The van der Waals surface area contributed by atoms with Gasteiger partial charge in [0.15, 0.2) is 0 Å². The van der Waals surface area contributed by atoms with Crippen LogP contribution in [0.15, 0.2) is 16.2 Å². The fourth-order valence-corrected chi connectivity index (χ4v) is 5.64. The Morgan fingerprint density at radius 3 is 2.92 bits per heavy atom. The minimum atomic E-state index is -0.0168. The summed E-state index contributed by atoms with van der Waals surface area (Å²) in [5.74, 6) is 0.606. The Labute approximate surface area is 159 Å². The summed E-state index contributed by atoms with van der Waals surface area (Å²) in [4.78, 5) is 35.2. The van der Waals surface area contributed by atoms with Crippen molar-refractivity contribution in [2.45, 2.75) is 26.4 Å². The molecule has 0 saturated heterocycles. The Kier molecular flexibility index (Phi) is 4.42. The standard InChI is InChI=1S/C18H20N4O2S2/c1-11-5-7-25-18(11)22-14(9-21(3)10-23)19-16-15(17(22)24)12-4-6-20(2)8-13(12)26-16/h5,7,10H,4,6,8-9H2,1-3H3. The normalized spacial score (nSPS) is 14.6. The van der Waals surface area contributed by atoms with Gasteiger partial charge in [-0.2, -0.15) is 0 Å².